The van der Waals surface area contributed by atoms with E-state index in [1.165, 1.54) is 63.7 Å². The molecule has 0 aromatic heterocycles. The summed E-state index contributed by atoms with van der Waals surface area (Å²) < 4.78 is 0. The average Bonchev–Trinajstić information content (AvgIpc) is 3.23. The molecule has 2 atom stereocenters. The number of hydrogen-bond acceptors (Lipinski definition) is 2. The van der Waals surface area contributed by atoms with Crippen LogP contribution in [-0.4, -0.2) is 35.7 Å². The van der Waals surface area contributed by atoms with Gasteiger partial charge in [-0.3, -0.25) is 0 Å². The van der Waals surface area contributed by atoms with Crippen molar-refractivity contribution in [3.8, 4) is 0 Å². The first-order valence-electron chi connectivity index (χ1n) is 9.20. The van der Waals surface area contributed by atoms with Crippen LogP contribution in [0.5, 0.6) is 0 Å². The van der Waals surface area contributed by atoms with Crippen molar-refractivity contribution in [2.24, 2.45) is 17.3 Å². The molecule has 3 fully saturated rings. The Hall–Kier alpha value is -0.860. The molecule has 1 aromatic carbocycles. The van der Waals surface area contributed by atoms with Crippen LogP contribution in [0.25, 0.3) is 0 Å². The number of aliphatic hydroxyl groups is 1. The molecular formula is C20H29NO. The quantitative estimate of drug-likeness (QED) is 0.899. The first-order chi connectivity index (χ1) is 10.8. The second-order valence-corrected chi connectivity index (χ2v) is 8.01. The molecule has 0 amide bonds. The summed E-state index contributed by atoms with van der Waals surface area (Å²) in [5.41, 5.74) is 2.08. The standard InChI is InChI=1S/C20H29NO/c22-19(13-16-5-2-1-3-6-16)17-7-11-21(12-8-17)15-18-14-20(18)9-4-10-20/h1-3,5-6,17-19,22H,4,7-15H2/t18-,19+/m1/s1. The number of likely N-dealkylation sites (tertiary alicyclic amines) is 1. The molecule has 0 bridgehead atoms. The summed E-state index contributed by atoms with van der Waals surface area (Å²) in [5, 5.41) is 10.5. The van der Waals surface area contributed by atoms with Crippen LogP contribution in [0.1, 0.15) is 44.1 Å². The van der Waals surface area contributed by atoms with Gasteiger partial charge in [-0.1, -0.05) is 36.8 Å². The monoisotopic (exact) mass is 299 g/mol. The van der Waals surface area contributed by atoms with E-state index in [9.17, 15) is 5.11 Å². The van der Waals surface area contributed by atoms with Gasteiger partial charge in [-0.2, -0.15) is 0 Å². The Morgan fingerprint density at radius 3 is 2.45 bits per heavy atom. The van der Waals surface area contributed by atoms with Gasteiger partial charge < -0.3 is 10.0 Å². The van der Waals surface area contributed by atoms with Gasteiger partial charge in [-0.05, 0) is 74.4 Å². The highest BCUT2D eigenvalue weighted by Gasteiger charge is 2.57. The molecule has 4 rings (SSSR count). The molecule has 0 radical (unpaired) electrons. The highest BCUT2D eigenvalue weighted by atomic mass is 16.3. The Bertz CT molecular complexity index is 488. The SMILES string of the molecule is O[C@@H](Cc1ccccc1)C1CCN(C[C@H]2CC23CCC3)CC1. The zero-order valence-electron chi connectivity index (χ0n) is 13.6. The zero-order valence-corrected chi connectivity index (χ0v) is 13.6. The van der Waals surface area contributed by atoms with Gasteiger partial charge in [0.2, 0.25) is 0 Å². The summed E-state index contributed by atoms with van der Waals surface area (Å²) in [4.78, 5) is 2.67. The molecule has 1 N–H and O–H groups in total. The normalized spacial score (nSPS) is 29.2. The second-order valence-electron chi connectivity index (χ2n) is 8.01. The predicted octanol–water partition coefficient (Wildman–Crippen LogP) is 3.49. The fourth-order valence-electron chi connectivity index (χ4n) is 4.79. The smallest absolute Gasteiger partial charge is 0.0609 e. The number of piperidine rings is 1. The number of rotatable bonds is 5. The van der Waals surface area contributed by atoms with Crippen molar-refractivity contribution in [2.45, 2.75) is 51.0 Å². The molecule has 1 spiro atoms. The van der Waals surface area contributed by atoms with Gasteiger partial charge in [-0.15, -0.1) is 0 Å². The van der Waals surface area contributed by atoms with Crippen molar-refractivity contribution in [3.05, 3.63) is 35.9 Å². The van der Waals surface area contributed by atoms with Crippen LogP contribution in [0.15, 0.2) is 30.3 Å². The van der Waals surface area contributed by atoms with E-state index in [0.29, 0.717) is 5.92 Å². The van der Waals surface area contributed by atoms with Crippen molar-refractivity contribution in [1.29, 1.82) is 0 Å². The molecule has 1 heterocycles. The zero-order chi connectivity index (χ0) is 15.0. The summed E-state index contributed by atoms with van der Waals surface area (Å²) >= 11 is 0. The second kappa shape index (κ2) is 5.98. The number of hydrogen-bond donors (Lipinski definition) is 1. The fraction of sp³-hybridized carbons (Fsp3) is 0.700. The van der Waals surface area contributed by atoms with Gasteiger partial charge in [-0.25, -0.2) is 0 Å². The lowest BCUT2D eigenvalue weighted by Gasteiger charge is -2.35. The van der Waals surface area contributed by atoms with Crippen molar-refractivity contribution < 1.29 is 5.11 Å². The minimum absolute atomic E-state index is 0.163. The highest BCUT2D eigenvalue weighted by molar-refractivity contribution is 5.15. The molecule has 120 valence electrons. The van der Waals surface area contributed by atoms with Crippen LogP contribution >= 0.6 is 0 Å². The van der Waals surface area contributed by atoms with Gasteiger partial charge in [0.25, 0.3) is 0 Å². The third kappa shape index (κ3) is 2.96. The van der Waals surface area contributed by atoms with E-state index in [4.69, 9.17) is 0 Å². The number of aliphatic hydroxyl groups excluding tert-OH is 1. The molecule has 1 aromatic rings. The first kappa shape index (κ1) is 14.7. The van der Waals surface area contributed by atoms with E-state index in [1.54, 1.807) is 0 Å². The average molecular weight is 299 g/mol. The first-order valence-corrected chi connectivity index (χ1v) is 9.20. The summed E-state index contributed by atoms with van der Waals surface area (Å²) in [7, 11) is 0. The van der Waals surface area contributed by atoms with Gasteiger partial charge >= 0.3 is 0 Å². The lowest BCUT2D eigenvalue weighted by Crippen LogP contribution is -2.40. The summed E-state index contributed by atoms with van der Waals surface area (Å²) in [6.07, 6.45) is 8.99. The van der Waals surface area contributed by atoms with Gasteiger partial charge in [0.1, 0.15) is 0 Å². The number of benzene rings is 1. The minimum atomic E-state index is -0.163. The topological polar surface area (TPSA) is 23.5 Å². The van der Waals surface area contributed by atoms with Crippen molar-refractivity contribution in [3.63, 3.8) is 0 Å². The molecular weight excluding hydrogens is 270 g/mol. The molecule has 2 heteroatoms. The maximum atomic E-state index is 10.5. The molecule has 1 aliphatic heterocycles. The Morgan fingerprint density at radius 2 is 1.86 bits per heavy atom. The van der Waals surface area contributed by atoms with E-state index in [2.05, 4.69) is 29.2 Å². The fourth-order valence-corrected chi connectivity index (χ4v) is 4.79. The van der Waals surface area contributed by atoms with E-state index in [-0.39, 0.29) is 6.10 Å². The Balaban J connectivity index is 1.22. The molecule has 2 aliphatic carbocycles. The van der Waals surface area contributed by atoms with E-state index in [0.717, 1.165) is 17.8 Å². The lowest BCUT2D eigenvalue weighted by molar-refractivity contribution is 0.0559. The maximum Gasteiger partial charge on any atom is 0.0609 e. The van der Waals surface area contributed by atoms with E-state index in [1.807, 2.05) is 6.07 Å². The van der Waals surface area contributed by atoms with Crippen LogP contribution in [0, 0.1) is 17.3 Å². The van der Waals surface area contributed by atoms with Crippen molar-refractivity contribution >= 4 is 0 Å². The van der Waals surface area contributed by atoms with Gasteiger partial charge in [0, 0.05) is 6.54 Å². The van der Waals surface area contributed by atoms with Gasteiger partial charge in [0.05, 0.1) is 6.10 Å². The van der Waals surface area contributed by atoms with Crippen LogP contribution < -0.4 is 0 Å². The van der Waals surface area contributed by atoms with Crippen LogP contribution in [0.3, 0.4) is 0 Å². The highest BCUT2D eigenvalue weighted by Crippen LogP contribution is 2.65. The third-order valence-corrected chi connectivity index (χ3v) is 6.65. The third-order valence-electron chi connectivity index (χ3n) is 6.65. The summed E-state index contributed by atoms with van der Waals surface area (Å²) in [6, 6.07) is 10.4. The van der Waals surface area contributed by atoms with E-state index >= 15 is 0 Å². The van der Waals surface area contributed by atoms with E-state index < -0.39 is 0 Å². The Morgan fingerprint density at radius 1 is 1.14 bits per heavy atom. The van der Waals surface area contributed by atoms with Crippen LogP contribution in [0.2, 0.25) is 0 Å². The molecule has 2 saturated carbocycles. The van der Waals surface area contributed by atoms with Crippen LogP contribution in [0.4, 0.5) is 0 Å². The summed E-state index contributed by atoms with van der Waals surface area (Å²) in [5.74, 6) is 1.50. The largest absolute Gasteiger partial charge is 0.392 e. The van der Waals surface area contributed by atoms with Crippen LogP contribution in [-0.2, 0) is 6.42 Å². The summed E-state index contributed by atoms with van der Waals surface area (Å²) in [6.45, 7) is 3.73. The molecule has 0 unspecified atom stereocenters. The van der Waals surface area contributed by atoms with Crippen molar-refractivity contribution in [1.82, 2.24) is 4.90 Å². The number of nitrogens with zero attached hydrogens (tertiary/aromatic N) is 1. The predicted molar refractivity (Wildman–Crippen MR) is 89.7 cm³/mol. The molecule has 2 nitrogen and oxygen atoms in total. The lowest BCUT2D eigenvalue weighted by atomic mass is 9.79. The molecule has 22 heavy (non-hydrogen) atoms. The van der Waals surface area contributed by atoms with Gasteiger partial charge in [0.15, 0.2) is 0 Å². The van der Waals surface area contributed by atoms with Crippen molar-refractivity contribution in [2.75, 3.05) is 19.6 Å². The molecule has 1 saturated heterocycles. The minimum Gasteiger partial charge on any atom is -0.392 e. The molecule has 3 aliphatic rings. The Labute approximate surface area is 134 Å². The maximum absolute atomic E-state index is 10.5. The Kier molecular flexibility index (Phi) is 4.00.